The summed E-state index contributed by atoms with van der Waals surface area (Å²) >= 11 is 0. The predicted octanol–water partition coefficient (Wildman–Crippen LogP) is 4.69. The number of rotatable bonds is 0. The zero-order valence-electron chi connectivity index (χ0n) is 14.9. The zero-order chi connectivity index (χ0) is 16.9. The summed E-state index contributed by atoms with van der Waals surface area (Å²) in [7, 11) is -1.70. The van der Waals surface area contributed by atoms with Gasteiger partial charge in [0.05, 0.1) is 5.52 Å². The van der Waals surface area contributed by atoms with E-state index in [1.807, 2.05) is 0 Å². The second-order valence-electron chi connectivity index (χ2n) is 8.25. The van der Waals surface area contributed by atoms with Crippen molar-refractivity contribution in [2.24, 2.45) is 0 Å². The summed E-state index contributed by atoms with van der Waals surface area (Å²) in [4.78, 5) is 4.89. The molecule has 2 nitrogen and oxygen atoms in total. The Morgan fingerprint density at radius 1 is 1.00 bits per heavy atom. The molecule has 0 bridgehead atoms. The van der Waals surface area contributed by atoms with Crippen LogP contribution in [0, 0.1) is 6.92 Å². The second-order valence-corrected chi connectivity index (χ2v) is 13.3. The molecule has 120 valence electrons. The van der Waals surface area contributed by atoms with Crippen molar-refractivity contribution in [2.45, 2.75) is 38.9 Å². The van der Waals surface area contributed by atoms with Gasteiger partial charge in [0.2, 0.25) is 0 Å². The van der Waals surface area contributed by atoms with Gasteiger partial charge < -0.3 is 4.40 Å². The molecule has 0 radical (unpaired) electrons. The molecule has 1 aliphatic heterocycles. The molecule has 0 atom stereocenters. The van der Waals surface area contributed by atoms with E-state index in [0.29, 0.717) is 0 Å². The minimum absolute atomic E-state index is 0.185. The minimum atomic E-state index is -1.70. The van der Waals surface area contributed by atoms with Gasteiger partial charge in [-0.3, -0.25) is 0 Å². The van der Waals surface area contributed by atoms with Gasteiger partial charge in [-0.1, -0.05) is 63.3 Å². The lowest BCUT2D eigenvalue weighted by atomic mass is 9.93. The first-order valence-corrected chi connectivity index (χ1v) is 11.7. The molecule has 3 heteroatoms. The fourth-order valence-corrected chi connectivity index (χ4v) is 7.21. The Morgan fingerprint density at radius 2 is 1.71 bits per heavy atom. The van der Waals surface area contributed by atoms with Crippen molar-refractivity contribution >= 4 is 40.7 Å². The van der Waals surface area contributed by atoms with Crippen LogP contribution in [-0.2, 0) is 5.04 Å². The number of hydrogen-bond donors (Lipinski definition) is 0. The van der Waals surface area contributed by atoms with Gasteiger partial charge in [-0.25, -0.2) is 4.98 Å². The molecular formula is C21H22N2Si. The molecule has 4 aromatic rings. The molecular weight excluding hydrogens is 308 g/mol. The lowest BCUT2D eigenvalue weighted by Crippen LogP contribution is -2.60. The smallest absolute Gasteiger partial charge is 0.144 e. The van der Waals surface area contributed by atoms with Gasteiger partial charge in [0.15, 0.2) is 0 Å². The van der Waals surface area contributed by atoms with Crippen LogP contribution in [0.1, 0.15) is 25.0 Å². The summed E-state index contributed by atoms with van der Waals surface area (Å²) < 4.78 is 2.48. The molecule has 0 amide bonds. The normalized spacial score (nSPS) is 18.0. The standard InChI is InChI=1S/C21H22N2Si/c1-13-10-11-16-19-18(13)14-8-6-7-9-15(14)20-22-12-17(23(19)20)24(4,5)21(16,2)3/h6-12H,1-5H3. The van der Waals surface area contributed by atoms with Crippen molar-refractivity contribution in [1.82, 2.24) is 9.38 Å². The summed E-state index contributed by atoms with van der Waals surface area (Å²) in [6.07, 6.45) is 2.15. The Hall–Kier alpha value is -2.13. The zero-order valence-corrected chi connectivity index (χ0v) is 15.9. The van der Waals surface area contributed by atoms with Crippen molar-refractivity contribution in [1.29, 1.82) is 0 Å². The third-order valence-electron chi connectivity index (χ3n) is 6.69. The second kappa shape index (κ2) is 4.09. The van der Waals surface area contributed by atoms with Gasteiger partial charge in [-0.15, -0.1) is 0 Å². The molecule has 24 heavy (non-hydrogen) atoms. The lowest BCUT2D eigenvalue weighted by Gasteiger charge is -2.44. The third kappa shape index (κ3) is 1.37. The van der Waals surface area contributed by atoms with E-state index in [9.17, 15) is 0 Å². The van der Waals surface area contributed by atoms with Crippen LogP contribution in [0.3, 0.4) is 0 Å². The van der Waals surface area contributed by atoms with Crippen LogP contribution in [0.25, 0.3) is 27.3 Å². The Kier molecular flexibility index (Phi) is 2.43. The number of aromatic nitrogens is 2. The van der Waals surface area contributed by atoms with Crippen molar-refractivity contribution in [3.63, 3.8) is 0 Å². The molecule has 5 rings (SSSR count). The topological polar surface area (TPSA) is 17.3 Å². The fraction of sp³-hybridized carbons (Fsp3) is 0.286. The lowest BCUT2D eigenvalue weighted by molar-refractivity contribution is 0.721. The molecule has 2 aromatic heterocycles. The van der Waals surface area contributed by atoms with E-state index in [4.69, 9.17) is 4.98 Å². The SMILES string of the molecule is Cc1ccc2c3c1c1ccccc1c1ncc(n13)[Si](C)(C)C2(C)C. The quantitative estimate of drug-likeness (QED) is 0.337. The number of pyridine rings is 1. The summed E-state index contributed by atoms with van der Waals surface area (Å²) in [5, 5.41) is 5.63. The van der Waals surface area contributed by atoms with Crippen LogP contribution >= 0.6 is 0 Å². The monoisotopic (exact) mass is 330 g/mol. The molecule has 0 saturated heterocycles. The molecule has 0 N–H and O–H groups in total. The highest BCUT2D eigenvalue weighted by molar-refractivity contribution is 6.92. The molecule has 1 aliphatic rings. The third-order valence-corrected chi connectivity index (χ3v) is 11.7. The largest absolute Gasteiger partial charge is 0.300 e. The minimum Gasteiger partial charge on any atom is -0.300 e. The maximum absolute atomic E-state index is 4.89. The first-order chi connectivity index (χ1) is 11.4. The number of aryl methyl sites for hydroxylation is 1. The highest BCUT2D eigenvalue weighted by Crippen LogP contribution is 2.44. The van der Waals surface area contributed by atoms with E-state index in [0.717, 1.165) is 5.65 Å². The van der Waals surface area contributed by atoms with Gasteiger partial charge in [0, 0.05) is 22.3 Å². The first-order valence-electron chi connectivity index (χ1n) is 8.68. The van der Waals surface area contributed by atoms with E-state index in [2.05, 4.69) is 80.9 Å². The summed E-state index contributed by atoms with van der Waals surface area (Å²) in [5.74, 6) is 0. The van der Waals surface area contributed by atoms with Gasteiger partial charge in [0.1, 0.15) is 13.7 Å². The molecule has 0 unspecified atom stereocenters. The van der Waals surface area contributed by atoms with Gasteiger partial charge in [0.25, 0.3) is 0 Å². The molecule has 0 spiro atoms. The summed E-state index contributed by atoms with van der Waals surface area (Å²) in [6, 6.07) is 13.4. The predicted molar refractivity (Wildman–Crippen MR) is 105 cm³/mol. The Morgan fingerprint density at radius 3 is 2.46 bits per heavy atom. The average Bonchev–Trinajstić information content (AvgIpc) is 2.99. The summed E-state index contributed by atoms with van der Waals surface area (Å²) in [6.45, 7) is 12.1. The van der Waals surface area contributed by atoms with Crippen molar-refractivity contribution in [2.75, 3.05) is 0 Å². The number of fused-ring (bicyclic) bond motifs is 3. The van der Waals surface area contributed by atoms with Gasteiger partial charge in [-0.2, -0.15) is 0 Å². The highest BCUT2D eigenvalue weighted by atomic mass is 28.3. The van der Waals surface area contributed by atoms with E-state index in [-0.39, 0.29) is 5.04 Å². The number of hydrogen-bond acceptors (Lipinski definition) is 1. The Bertz CT molecular complexity index is 1170. The van der Waals surface area contributed by atoms with Crippen LogP contribution in [0.2, 0.25) is 13.1 Å². The Labute approximate surface area is 143 Å². The molecule has 0 aliphatic carbocycles. The number of nitrogens with zero attached hydrogens (tertiary/aromatic N) is 2. The molecule has 0 fully saturated rings. The van der Waals surface area contributed by atoms with Crippen molar-refractivity contribution in [3.8, 4) is 0 Å². The van der Waals surface area contributed by atoms with Crippen molar-refractivity contribution in [3.05, 3.63) is 53.7 Å². The van der Waals surface area contributed by atoms with E-state index < -0.39 is 8.07 Å². The number of imidazole rings is 1. The Balaban J connectivity index is 2.24. The molecule has 0 saturated carbocycles. The van der Waals surface area contributed by atoms with E-state index in [1.54, 1.807) is 0 Å². The fourth-order valence-electron chi connectivity index (χ4n) is 4.53. The maximum atomic E-state index is 4.89. The highest BCUT2D eigenvalue weighted by Gasteiger charge is 2.48. The summed E-state index contributed by atoms with van der Waals surface area (Å²) in [5.41, 5.74) is 5.34. The maximum Gasteiger partial charge on any atom is 0.144 e. The molecule has 3 heterocycles. The average molecular weight is 331 g/mol. The molecule has 2 aromatic carbocycles. The number of benzene rings is 2. The van der Waals surface area contributed by atoms with Gasteiger partial charge in [-0.05, 0) is 28.5 Å². The van der Waals surface area contributed by atoms with Crippen LogP contribution in [0.5, 0.6) is 0 Å². The first kappa shape index (κ1) is 14.2. The van der Waals surface area contributed by atoms with Crippen LogP contribution < -0.4 is 5.32 Å². The van der Waals surface area contributed by atoms with E-state index >= 15 is 0 Å². The van der Waals surface area contributed by atoms with Crippen LogP contribution in [0.4, 0.5) is 0 Å². The van der Waals surface area contributed by atoms with Crippen LogP contribution in [-0.4, -0.2) is 17.5 Å². The van der Waals surface area contributed by atoms with Gasteiger partial charge >= 0.3 is 0 Å². The van der Waals surface area contributed by atoms with Crippen LogP contribution in [0.15, 0.2) is 42.6 Å². The van der Waals surface area contributed by atoms with E-state index in [1.165, 1.54) is 38.1 Å². The van der Waals surface area contributed by atoms with Crippen molar-refractivity contribution < 1.29 is 0 Å².